The van der Waals surface area contributed by atoms with Crippen LogP contribution in [0.2, 0.25) is 0 Å². The van der Waals surface area contributed by atoms with Crippen molar-refractivity contribution in [2.24, 2.45) is 5.92 Å². The van der Waals surface area contributed by atoms with Crippen LogP contribution in [-0.4, -0.2) is 10.5 Å². The van der Waals surface area contributed by atoms with Crippen molar-refractivity contribution in [3.8, 4) is 0 Å². The zero-order chi connectivity index (χ0) is 11.9. The maximum atomic E-state index is 3.68. The zero-order valence-corrected chi connectivity index (χ0v) is 10.6. The zero-order valence-electron chi connectivity index (χ0n) is 10.6. The molecule has 0 spiro atoms. The van der Waals surface area contributed by atoms with E-state index < -0.39 is 0 Å². The van der Waals surface area contributed by atoms with Gasteiger partial charge in [-0.3, -0.25) is 0 Å². The topological polar surface area (TPSA) is 27.8 Å². The second-order valence-corrected chi connectivity index (χ2v) is 5.75. The summed E-state index contributed by atoms with van der Waals surface area (Å²) >= 11 is 0. The first-order valence-electron chi connectivity index (χ1n) is 6.46. The Hall–Kier alpha value is -1.28. The summed E-state index contributed by atoms with van der Waals surface area (Å²) in [5.74, 6) is 0.874. The van der Waals surface area contributed by atoms with Gasteiger partial charge in [0.1, 0.15) is 0 Å². The second-order valence-electron chi connectivity index (χ2n) is 5.75. The Morgan fingerprint density at radius 3 is 2.88 bits per heavy atom. The van der Waals surface area contributed by atoms with Gasteiger partial charge in [-0.25, -0.2) is 0 Å². The highest BCUT2D eigenvalue weighted by Gasteiger charge is 2.36. The van der Waals surface area contributed by atoms with Gasteiger partial charge in [-0.1, -0.05) is 6.07 Å². The molecule has 2 nitrogen and oxygen atoms in total. The van der Waals surface area contributed by atoms with Crippen LogP contribution < -0.4 is 5.32 Å². The Morgan fingerprint density at radius 1 is 1.29 bits per heavy atom. The quantitative estimate of drug-likeness (QED) is 0.824. The Balaban J connectivity index is 1.71. The van der Waals surface area contributed by atoms with Crippen LogP contribution in [0.5, 0.6) is 0 Å². The van der Waals surface area contributed by atoms with Crippen LogP contribution in [0.1, 0.15) is 32.3 Å². The molecule has 1 saturated carbocycles. The standard InChI is InChI=1S/C15H20N2/c1-15(2,13-4-5-13)17-10-11-3-6-14-12(9-11)7-8-16-14/h3,6-9,13,16-17H,4-5,10H2,1-2H3. The molecular weight excluding hydrogens is 208 g/mol. The molecule has 2 aromatic rings. The Morgan fingerprint density at radius 2 is 2.12 bits per heavy atom. The third kappa shape index (κ3) is 2.22. The minimum atomic E-state index is 0.285. The van der Waals surface area contributed by atoms with Crippen LogP contribution in [0.4, 0.5) is 0 Å². The number of rotatable bonds is 4. The molecule has 17 heavy (non-hydrogen) atoms. The molecule has 1 aliphatic carbocycles. The van der Waals surface area contributed by atoms with Gasteiger partial charge >= 0.3 is 0 Å². The molecule has 0 unspecified atom stereocenters. The monoisotopic (exact) mass is 228 g/mol. The molecule has 3 rings (SSSR count). The van der Waals surface area contributed by atoms with Crippen molar-refractivity contribution in [2.45, 2.75) is 38.8 Å². The third-order valence-electron chi connectivity index (χ3n) is 3.96. The second kappa shape index (κ2) is 3.88. The maximum Gasteiger partial charge on any atom is 0.0454 e. The highest BCUT2D eigenvalue weighted by molar-refractivity contribution is 5.79. The molecule has 0 atom stereocenters. The summed E-state index contributed by atoms with van der Waals surface area (Å²) in [5.41, 5.74) is 2.87. The summed E-state index contributed by atoms with van der Waals surface area (Å²) in [6.07, 6.45) is 4.77. The van der Waals surface area contributed by atoms with Crippen LogP contribution >= 0.6 is 0 Å². The number of hydrogen-bond acceptors (Lipinski definition) is 1. The Kier molecular flexibility index (Phi) is 2.48. The van der Waals surface area contributed by atoms with E-state index in [0.717, 1.165) is 12.5 Å². The number of H-pyrrole nitrogens is 1. The molecule has 1 aromatic carbocycles. The molecule has 0 aliphatic heterocycles. The van der Waals surface area contributed by atoms with Gasteiger partial charge in [-0.05, 0) is 61.8 Å². The van der Waals surface area contributed by atoms with Gasteiger partial charge in [0.15, 0.2) is 0 Å². The summed E-state index contributed by atoms with van der Waals surface area (Å²) in [4.78, 5) is 3.23. The van der Waals surface area contributed by atoms with Crippen molar-refractivity contribution in [3.63, 3.8) is 0 Å². The lowest BCUT2D eigenvalue weighted by Crippen LogP contribution is -2.40. The van der Waals surface area contributed by atoms with Crippen LogP contribution in [0.3, 0.4) is 0 Å². The normalized spacial score (nSPS) is 16.6. The molecule has 2 N–H and O–H groups in total. The average Bonchev–Trinajstić information content (AvgIpc) is 3.07. The number of aromatic nitrogens is 1. The van der Waals surface area contributed by atoms with Gasteiger partial charge in [-0.2, -0.15) is 0 Å². The smallest absolute Gasteiger partial charge is 0.0454 e. The van der Waals surface area contributed by atoms with E-state index in [1.165, 1.54) is 29.3 Å². The van der Waals surface area contributed by atoms with Gasteiger partial charge in [-0.15, -0.1) is 0 Å². The van der Waals surface area contributed by atoms with E-state index in [9.17, 15) is 0 Å². The Labute approximate surface area is 102 Å². The predicted molar refractivity (Wildman–Crippen MR) is 71.9 cm³/mol. The van der Waals surface area contributed by atoms with Gasteiger partial charge in [0.2, 0.25) is 0 Å². The molecule has 1 aliphatic rings. The van der Waals surface area contributed by atoms with Crippen LogP contribution in [0, 0.1) is 5.92 Å². The number of fused-ring (bicyclic) bond motifs is 1. The lowest BCUT2D eigenvalue weighted by Gasteiger charge is -2.26. The third-order valence-corrected chi connectivity index (χ3v) is 3.96. The molecule has 0 saturated heterocycles. The summed E-state index contributed by atoms with van der Waals surface area (Å²) in [5, 5.41) is 4.98. The SMILES string of the molecule is CC(C)(NCc1ccc2[nH]ccc2c1)C1CC1. The van der Waals surface area contributed by atoms with E-state index in [-0.39, 0.29) is 5.54 Å². The van der Waals surface area contributed by atoms with E-state index in [1.807, 2.05) is 6.20 Å². The van der Waals surface area contributed by atoms with E-state index in [2.05, 4.69) is 48.4 Å². The molecule has 0 amide bonds. The molecule has 1 heterocycles. The average molecular weight is 228 g/mol. The number of benzene rings is 1. The molecule has 0 bridgehead atoms. The molecule has 90 valence electrons. The summed E-state index contributed by atoms with van der Waals surface area (Å²) in [6.45, 7) is 5.60. The lowest BCUT2D eigenvalue weighted by atomic mass is 9.98. The number of nitrogens with one attached hydrogen (secondary N) is 2. The van der Waals surface area contributed by atoms with Crippen LogP contribution in [0.25, 0.3) is 10.9 Å². The predicted octanol–water partition coefficient (Wildman–Crippen LogP) is 3.45. The van der Waals surface area contributed by atoms with Gasteiger partial charge in [0, 0.05) is 23.8 Å². The first-order chi connectivity index (χ1) is 8.15. The first-order valence-corrected chi connectivity index (χ1v) is 6.46. The molecule has 1 aromatic heterocycles. The van der Waals surface area contributed by atoms with Crippen molar-refractivity contribution in [1.29, 1.82) is 0 Å². The highest BCUT2D eigenvalue weighted by atomic mass is 15.0. The molecule has 2 heteroatoms. The summed E-state index contributed by atoms with van der Waals surface area (Å²) in [6, 6.07) is 8.76. The van der Waals surface area contributed by atoms with Crippen molar-refractivity contribution in [2.75, 3.05) is 0 Å². The van der Waals surface area contributed by atoms with Gasteiger partial charge in [0.25, 0.3) is 0 Å². The molecule has 1 fully saturated rings. The first kappa shape index (κ1) is 10.8. The summed E-state index contributed by atoms with van der Waals surface area (Å²) < 4.78 is 0. The Bertz CT molecular complexity index is 520. The largest absolute Gasteiger partial charge is 0.361 e. The van der Waals surface area contributed by atoms with Crippen molar-refractivity contribution in [1.82, 2.24) is 10.3 Å². The summed E-state index contributed by atoms with van der Waals surface area (Å²) in [7, 11) is 0. The fourth-order valence-electron chi connectivity index (χ4n) is 2.49. The number of hydrogen-bond donors (Lipinski definition) is 2. The maximum absolute atomic E-state index is 3.68. The fraction of sp³-hybridized carbons (Fsp3) is 0.467. The molecular formula is C15H20N2. The highest BCUT2D eigenvalue weighted by Crippen LogP contribution is 2.39. The van der Waals surface area contributed by atoms with Gasteiger partial charge in [0.05, 0.1) is 0 Å². The number of aromatic amines is 1. The fourth-order valence-corrected chi connectivity index (χ4v) is 2.49. The molecule has 0 radical (unpaired) electrons. The van der Waals surface area contributed by atoms with Crippen LogP contribution in [-0.2, 0) is 6.54 Å². The van der Waals surface area contributed by atoms with E-state index in [4.69, 9.17) is 0 Å². The van der Waals surface area contributed by atoms with Crippen molar-refractivity contribution >= 4 is 10.9 Å². The van der Waals surface area contributed by atoms with Gasteiger partial charge < -0.3 is 10.3 Å². The van der Waals surface area contributed by atoms with Crippen molar-refractivity contribution in [3.05, 3.63) is 36.0 Å². The van der Waals surface area contributed by atoms with E-state index in [0.29, 0.717) is 0 Å². The van der Waals surface area contributed by atoms with Crippen molar-refractivity contribution < 1.29 is 0 Å². The minimum Gasteiger partial charge on any atom is -0.361 e. The lowest BCUT2D eigenvalue weighted by molar-refractivity contribution is 0.339. The van der Waals surface area contributed by atoms with E-state index in [1.54, 1.807) is 0 Å². The van der Waals surface area contributed by atoms with Crippen LogP contribution in [0.15, 0.2) is 30.5 Å². The van der Waals surface area contributed by atoms with E-state index >= 15 is 0 Å². The minimum absolute atomic E-state index is 0.285.